The molecule has 0 bridgehead atoms. The van der Waals surface area contributed by atoms with Crippen molar-refractivity contribution < 1.29 is 26.2 Å². The third-order valence-electron chi connectivity index (χ3n) is 1.63. The van der Waals surface area contributed by atoms with E-state index in [2.05, 4.69) is 24.3 Å². The monoisotopic (exact) mass is 224 g/mol. The molecular weight excluding hydrogens is 211 g/mol. The summed E-state index contributed by atoms with van der Waals surface area (Å²) < 4.78 is 0. The molecule has 1 heteroatoms. The van der Waals surface area contributed by atoms with Crippen LogP contribution >= 0.6 is 0 Å². The van der Waals surface area contributed by atoms with E-state index in [1.807, 2.05) is 0 Å². The van der Waals surface area contributed by atoms with Gasteiger partial charge in [-0.05, 0) is 0 Å². The van der Waals surface area contributed by atoms with Crippen molar-refractivity contribution in [2.24, 2.45) is 0 Å². The summed E-state index contributed by atoms with van der Waals surface area (Å²) in [5, 5.41) is 0. The summed E-state index contributed by atoms with van der Waals surface area (Å²) in [5.41, 5.74) is 0. The fourth-order valence-electron chi connectivity index (χ4n) is 1.02. The van der Waals surface area contributed by atoms with E-state index in [1.165, 1.54) is 38.5 Å². The summed E-state index contributed by atoms with van der Waals surface area (Å²) in [5.74, 6) is 0. The van der Waals surface area contributed by atoms with Gasteiger partial charge in [0, 0.05) is 0 Å². The van der Waals surface area contributed by atoms with Crippen LogP contribution in [0.3, 0.4) is 0 Å². The molecule has 0 N–H and O–H groups in total. The van der Waals surface area contributed by atoms with E-state index in [4.69, 9.17) is 0 Å². The summed E-state index contributed by atoms with van der Waals surface area (Å²) in [6, 6.07) is 0. The molecule has 58 valence electrons. The molecule has 2 rings (SSSR count). The van der Waals surface area contributed by atoms with Crippen LogP contribution in [-0.4, -0.2) is 0 Å². The molecular formula is C10H14Zr. The SMILES string of the molecule is [C-]1=CCCC1.[C-]1=CCCC1.[Zr+2]. The maximum absolute atomic E-state index is 3.10. The van der Waals surface area contributed by atoms with Crippen LogP contribution in [0.5, 0.6) is 0 Å². The molecule has 0 aromatic rings. The van der Waals surface area contributed by atoms with E-state index < -0.39 is 0 Å². The first-order valence-corrected chi connectivity index (χ1v) is 4.10. The molecule has 0 aliphatic heterocycles. The van der Waals surface area contributed by atoms with Gasteiger partial charge in [-0.15, -0.1) is 0 Å². The quantitative estimate of drug-likeness (QED) is 0.556. The third kappa shape index (κ3) is 6.75. The predicted octanol–water partition coefficient (Wildman–Crippen LogP) is 3.06. The van der Waals surface area contributed by atoms with Crippen molar-refractivity contribution >= 4 is 0 Å². The molecule has 0 saturated carbocycles. The summed E-state index contributed by atoms with van der Waals surface area (Å²) in [4.78, 5) is 0. The Hall–Kier alpha value is 0.363. The Morgan fingerprint density at radius 3 is 1.36 bits per heavy atom. The van der Waals surface area contributed by atoms with Gasteiger partial charge in [0.25, 0.3) is 0 Å². The number of allylic oxidation sites excluding steroid dienone is 4. The topological polar surface area (TPSA) is 0 Å². The Balaban J connectivity index is 0.000000167. The molecule has 0 spiro atoms. The van der Waals surface area contributed by atoms with Gasteiger partial charge >= 0.3 is 26.2 Å². The zero-order chi connectivity index (χ0) is 7.07. The van der Waals surface area contributed by atoms with Gasteiger partial charge in [-0.1, -0.05) is 25.7 Å². The van der Waals surface area contributed by atoms with E-state index in [9.17, 15) is 0 Å². The van der Waals surface area contributed by atoms with E-state index >= 15 is 0 Å². The van der Waals surface area contributed by atoms with Crippen LogP contribution in [0.25, 0.3) is 0 Å². The van der Waals surface area contributed by atoms with Crippen molar-refractivity contribution in [3.63, 3.8) is 0 Å². The van der Waals surface area contributed by atoms with Gasteiger partial charge in [0.15, 0.2) is 0 Å². The predicted molar refractivity (Wildman–Crippen MR) is 43.3 cm³/mol. The second kappa shape index (κ2) is 8.46. The first-order valence-electron chi connectivity index (χ1n) is 4.10. The van der Waals surface area contributed by atoms with Gasteiger partial charge in [0.1, 0.15) is 0 Å². The van der Waals surface area contributed by atoms with Crippen LogP contribution in [-0.2, 0) is 26.2 Å². The second-order valence-electron chi connectivity index (χ2n) is 2.60. The van der Waals surface area contributed by atoms with Gasteiger partial charge in [-0.25, -0.2) is 0 Å². The van der Waals surface area contributed by atoms with Crippen LogP contribution in [0.15, 0.2) is 12.2 Å². The molecule has 0 fully saturated rings. The fourth-order valence-corrected chi connectivity index (χ4v) is 1.02. The molecule has 0 saturated heterocycles. The van der Waals surface area contributed by atoms with E-state index in [0.29, 0.717) is 0 Å². The molecule has 2 aliphatic carbocycles. The largest absolute Gasteiger partial charge is 2.00 e. The maximum atomic E-state index is 3.10. The number of hydrogen-bond donors (Lipinski definition) is 0. The van der Waals surface area contributed by atoms with Crippen molar-refractivity contribution in [2.75, 3.05) is 0 Å². The molecule has 0 aromatic heterocycles. The van der Waals surface area contributed by atoms with Crippen molar-refractivity contribution in [3.05, 3.63) is 24.3 Å². The van der Waals surface area contributed by atoms with Crippen LogP contribution in [0.2, 0.25) is 0 Å². The Morgan fingerprint density at radius 1 is 0.818 bits per heavy atom. The molecule has 0 unspecified atom stereocenters. The standard InChI is InChI=1S/2C5H7.Zr/c2*1-2-4-5-3-1;/h2*1H,2,4-5H2;/q2*-1;+2. The molecule has 0 nitrogen and oxygen atoms in total. The van der Waals surface area contributed by atoms with Gasteiger partial charge in [-0.3, -0.25) is 12.2 Å². The Bertz CT molecular complexity index is 96.8. The maximum Gasteiger partial charge on any atom is 2.00 e. The van der Waals surface area contributed by atoms with Crippen molar-refractivity contribution in [1.82, 2.24) is 0 Å². The zero-order valence-corrected chi connectivity index (χ0v) is 9.36. The summed E-state index contributed by atoms with van der Waals surface area (Å²) in [6.45, 7) is 0. The molecule has 0 atom stereocenters. The number of rotatable bonds is 0. The minimum Gasteiger partial charge on any atom is -0.501 e. The summed E-state index contributed by atoms with van der Waals surface area (Å²) >= 11 is 0. The normalized spacial score (nSPS) is 18.9. The third-order valence-corrected chi connectivity index (χ3v) is 1.63. The molecule has 0 aromatic carbocycles. The van der Waals surface area contributed by atoms with Gasteiger partial charge < -0.3 is 12.2 Å². The Morgan fingerprint density at radius 2 is 1.27 bits per heavy atom. The fraction of sp³-hybridized carbons (Fsp3) is 0.600. The van der Waals surface area contributed by atoms with Crippen molar-refractivity contribution in [1.29, 1.82) is 0 Å². The van der Waals surface area contributed by atoms with Gasteiger partial charge in [0.05, 0.1) is 0 Å². The van der Waals surface area contributed by atoms with Crippen molar-refractivity contribution in [3.8, 4) is 0 Å². The average molecular weight is 225 g/mol. The minimum absolute atomic E-state index is 0. The minimum atomic E-state index is 0. The molecule has 0 amide bonds. The van der Waals surface area contributed by atoms with Crippen LogP contribution in [0.4, 0.5) is 0 Å². The summed E-state index contributed by atoms with van der Waals surface area (Å²) in [7, 11) is 0. The van der Waals surface area contributed by atoms with Crippen LogP contribution < -0.4 is 0 Å². The Labute approximate surface area is 88.9 Å². The molecule has 0 heterocycles. The zero-order valence-electron chi connectivity index (χ0n) is 6.90. The smallest absolute Gasteiger partial charge is 0.501 e. The van der Waals surface area contributed by atoms with E-state index in [1.54, 1.807) is 0 Å². The first kappa shape index (κ1) is 11.4. The van der Waals surface area contributed by atoms with E-state index in [-0.39, 0.29) is 26.2 Å². The summed E-state index contributed by atoms with van der Waals surface area (Å²) in [6.07, 6.45) is 18.0. The van der Waals surface area contributed by atoms with Gasteiger partial charge in [-0.2, -0.15) is 12.8 Å². The average Bonchev–Trinajstić information content (AvgIpc) is 2.67. The first-order chi connectivity index (χ1) is 5.00. The Kier molecular flexibility index (Phi) is 8.74. The number of hydrogen-bond acceptors (Lipinski definition) is 0. The molecule has 11 heavy (non-hydrogen) atoms. The van der Waals surface area contributed by atoms with Crippen LogP contribution in [0.1, 0.15) is 38.5 Å². The van der Waals surface area contributed by atoms with E-state index in [0.717, 1.165) is 0 Å². The second-order valence-corrected chi connectivity index (χ2v) is 2.60. The van der Waals surface area contributed by atoms with Crippen molar-refractivity contribution in [2.45, 2.75) is 38.5 Å². The van der Waals surface area contributed by atoms with Crippen LogP contribution in [0, 0.1) is 12.2 Å². The van der Waals surface area contributed by atoms with Gasteiger partial charge in [0.2, 0.25) is 0 Å². The molecule has 2 aliphatic rings. The molecule has 0 radical (unpaired) electrons.